The van der Waals surface area contributed by atoms with Crippen molar-refractivity contribution in [1.29, 1.82) is 0 Å². The van der Waals surface area contributed by atoms with Crippen molar-refractivity contribution in [3.05, 3.63) is 53.1 Å². The number of halogens is 1. The SMILES string of the molecule is COc1cccc(C(=O)NC2=NCCCN2c2ccc(OC)c(Cl)c2)c1. The Morgan fingerprint density at radius 1 is 1.19 bits per heavy atom. The lowest BCUT2D eigenvalue weighted by Crippen LogP contribution is -2.47. The Kier molecular flexibility index (Phi) is 5.63. The fourth-order valence-corrected chi connectivity index (χ4v) is 2.98. The van der Waals surface area contributed by atoms with Crippen LogP contribution in [0.4, 0.5) is 5.69 Å². The average molecular weight is 374 g/mol. The van der Waals surface area contributed by atoms with Crippen LogP contribution in [0.3, 0.4) is 0 Å². The second-order valence-electron chi connectivity index (χ2n) is 5.72. The number of carbonyl (C=O) groups excluding carboxylic acids is 1. The smallest absolute Gasteiger partial charge is 0.258 e. The molecule has 1 aliphatic heterocycles. The Morgan fingerprint density at radius 3 is 2.77 bits per heavy atom. The zero-order chi connectivity index (χ0) is 18.5. The molecule has 1 N–H and O–H groups in total. The van der Waals surface area contributed by atoms with Gasteiger partial charge in [0.25, 0.3) is 5.91 Å². The molecule has 0 saturated heterocycles. The Morgan fingerprint density at radius 2 is 2.04 bits per heavy atom. The standard InChI is InChI=1S/C19H20ClN3O3/c1-25-15-6-3-5-13(11-15)18(24)22-19-21-9-4-10-23(19)14-7-8-17(26-2)16(20)12-14/h3,5-8,11-12H,4,9-10H2,1-2H3,(H,21,22,24). The number of guanidine groups is 1. The van der Waals surface area contributed by atoms with E-state index in [1.165, 1.54) is 0 Å². The van der Waals surface area contributed by atoms with Crippen molar-refractivity contribution in [1.82, 2.24) is 5.32 Å². The van der Waals surface area contributed by atoms with Crippen molar-refractivity contribution >= 4 is 29.2 Å². The van der Waals surface area contributed by atoms with Gasteiger partial charge in [0.1, 0.15) is 11.5 Å². The van der Waals surface area contributed by atoms with Crippen LogP contribution in [0, 0.1) is 0 Å². The van der Waals surface area contributed by atoms with Crippen LogP contribution >= 0.6 is 11.6 Å². The van der Waals surface area contributed by atoms with Gasteiger partial charge in [-0.1, -0.05) is 17.7 Å². The van der Waals surface area contributed by atoms with E-state index in [9.17, 15) is 4.79 Å². The van der Waals surface area contributed by atoms with E-state index in [-0.39, 0.29) is 5.91 Å². The van der Waals surface area contributed by atoms with E-state index >= 15 is 0 Å². The quantitative estimate of drug-likeness (QED) is 0.892. The van der Waals surface area contributed by atoms with E-state index < -0.39 is 0 Å². The van der Waals surface area contributed by atoms with Gasteiger partial charge in [-0.3, -0.25) is 15.1 Å². The molecule has 1 aliphatic rings. The van der Waals surface area contributed by atoms with Gasteiger partial charge in [-0.05, 0) is 42.8 Å². The zero-order valence-corrected chi connectivity index (χ0v) is 15.4. The molecule has 3 rings (SSSR count). The summed E-state index contributed by atoms with van der Waals surface area (Å²) in [5.41, 5.74) is 1.35. The van der Waals surface area contributed by atoms with E-state index in [4.69, 9.17) is 21.1 Å². The van der Waals surface area contributed by atoms with Gasteiger partial charge >= 0.3 is 0 Å². The molecule has 0 radical (unpaired) electrons. The summed E-state index contributed by atoms with van der Waals surface area (Å²) in [6.07, 6.45) is 0.891. The Hall–Kier alpha value is -2.73. The summed E-state index contributed by atoms with van der Waals surface area (Å²) in [5.74, 6) is 1.49. The third-order valence-electron chi connectivity index (χ3n) is 4.06. The van der Waals surface area contributed by atoms with Gasteiger partial charge in [0.15, 0.2) is 0 Å². The monoisotopic (exact) mass is 373 g/mol. The van der Waals surface area contributed by atoms with Gasteiger partial charge in [-0.25, -0.2) is 0 Å². The molecule has 136 valence electrons. The van der Waals surface area contributed by atoms with Gasteiger partial charge < -0.3 is 14.4 Å². The van der Waals surface area contributed by atoms with E-state index in [1.807, 2.05) is 11.0 Å². The fraction of sp³-hybridized carbons (Fsp3) is 0.263. The summed E-state index contributed by atoms with van der Waals surface area (Å²) in [5, 5.41) is 3.40. The number of nitrogens with one attached hydrogen (secondary N) is 1. The minimum Gasteiger partial charge on any atom is -0.497 e. The molecule has 1 amide bonds. The van der Waals surface area contributed by atoms with Crippen molar-refractivity contribution in [2.45, 2.75) is 6.42 Å². The molecule has 2 aromatic rings. The van der Waals surface area contributed by atoms with Crippen LogP contribution in [0.25, 0.3) is 0 Å². The van der Waals surface area contributed by atoms with E-state index in [0.717, 1.165) is 18.7 Å². The molecular formula is C19H20ClN3O3. The lowest BCUT2D eigenvalue weighted by molar-refractivity contribution is 0.0975. The zero-order valence-electron chi connectivity index (χ0n) is 14.7. The predicted octanol–water partition coefficient (Wildman–Crippen LogP) is 3.35. The highest BCUT2D eigenvalue weighted by molar-refractivity contribution is 6.32. The predicted molar refractivity (Wildman–Crippen MR) is 103 cm³/mol. The molecule has 0 spiro atoms. The number of nitrogens with zero attached hydrogens (tertiary/aromatic N) is 2. The fourth-order valence-electron chi connectivity index (χ4n) is 2.72. The first-order valence-corrected chi connectivity index (χ1v) is 8.61. The molecule has 0 fully saturated rings. The number of amides is 1. The summed E-state index contributed by atoms with van der Waals surface area (Å²) in [6.45, 7) is 1.40. The molecule has 26 heavy (non-hydrogen) atoms. The number of rotatable bonds is 4. The molecule has 0 aliphatic carbocycles. The maximum absolute atomic E-state index is 12.6. The second kappa shape index (κ2) is 8.10. The molecule has 0 unspecified atom stereocenters. The number of hydrogen-bond acceptors (Lipinski definition) is 5. The molecule has 0 bridgehead atoms. The van der Waals surface area contributed by atoms with Crippen molar-refractivity contribution in [2.75, 3.05) is 32.2 Å². The molecule has 2 aromatic carbocycles. The first kappa shape index (κ1) is 18.1. The van der Waals surface area contributed by atoms with Crippen molar-refractivity contribution in [3.63, 3.8) is 0 Å². The molecular weight excluding hydrogens is 354 g/mol. The molecule has 1 heterocycles. The second-order valence-corrected chi connectivity index (χ2v) is 6.12. The van der Waals surface area contributed by atoms with Crippen LogP contribution < -0.4 is 19.7 Å². The highest BCUT2D eigenvalue weighted by atomic mass is 35.5. The topological polar surface area (TPSA) is 63.2 Å². The van der Waals surface area contributed by atoms with Crippen molar-refractivity contribution in [3.8, 4) is 11.5 Å². The van der Waals surface area contributed by atoms with Gasteiger partial charge in [-0.15, -0.1) is 0 Å². The van der Waals surface area contributed by atoms with Gasteiger partial charge in [0.2, 0.25) is 5.96 Å². The molecule has 7 heteroatoms. The van der Waals surface area contributed by atoms with Crippen LogP contribution in [0.2, 0.25) is 5.02 Å². The number of aliphatic imine (C=N–C) groups is 1. The van der Waals surface area contributed by atoms with Crippen molar-refractivity contribution in [2.24, 2.45) is 4.99 Å². The minimum absolute atomic E-state index is 0.242. The molecule has 0 saturated carbocycles. The molecule has 6 nitrogen and oxygen atoms in total. The number of methoxy groups -OCH3 is 2. The van der Waals surface area contributed by atoms with Crippen LogP contribution in [-0.4, -0.2) is 39.2 Å². The van der Waals surface area contributed by atoms with E-state index in [1.54, 1.807) is 50.6 Å². The van der Waals surface area contributed by atoms with Crippen LogP contribution in [0.15, 0.2) is 47.5 Å². The third-order valence-corrected chi connectivity index (χ3v) is 4.36. The van der Waals surface area contributed by atoms with Crippen molar-refractivity contribution < 1.29 is 14.3 Å². The summed E-state index contributed by atoms with van der Waals surface area (Å²) >= 11 is 6.24. The average Bonchev–Trinajstić information content (AvgIpc) is 2.68. The number of hydrogen-bond donors (Lipinski definition) is 1. The number of carbonyl (C=O) groups is 1. The first-order valence-electron chi connectivity index (χ1n) is 8.23. The highest BCUT2D eigenvalue weighted by Gasteiger charge is 2.21. The lowest BCUT2D eigenvalue weighted by atomic mass is 10.2. The van der Waals surface area contributed by atoms with E-state index in [0.29, 0.717) is 34.6 Å². The summed E-state index contributed by atoms with van der Waals surface area (Å²) in [6, 6.07) is 12.5. The highest BCUT2D eigenvalue weighted by Crippen LogP contribution is 2.30. The van der Waals surface area contributed by atoms with Gasteiger partial charge in [0.05, 0.1) is 19.2 Å². The summed E-state index contributed by atoms with van der Waals surface area (Å²) in [7, 11) is 3.14. The first-order chi connectivity index (χ1) is 12.6. The number of anilines is 1. The van der Waals surface area contributed by atoms with Gasteiger partial charge in [-0.2, -0.15) is 0 Å². The maximum atomic E-state index is 12.6. The Labute approximate surface area is 157 Å². The molecule has 0 atom stereocenters. The van der Waals surface area contributed by atoms with E-state index in [2.05, 4.69) is 10.3 Å². The lowest BCUT2D eigenvalue weighted by Gasteiger charge is -2.29. The Balaban J connectivity index is 1.82. The third kappa shape index (κ3) is 3.91. The largest absolute Gasteiger partial charge is 0.497 e. The molecule has 0 aromatic heterocycles. The van der Waals surface area contributed by atoms with Crippen LogP contribution in [0.5, 0.6) is 11.5 Å². The Bertz CT molecular complexity index is 839. The summed E-state index contributed by atoms with van der Waals surface area (Å²) < 4.78 is 10.4. The van der Waals surface area contributed by atoms with Crippen LogP contribution in [-0.2, 0) is 0 Å². The number of benzene rings is 2. The summed E-state index contributed by atoms with van der Waals surface area (Å²) in [4.78, 5) is 19.0. The van der Waals surface area contributed by atoms with Gasteiger partial charge in [0, 0.05) is 24.3 Å². The number of ether oxygens (including phenoxy) is 2. The maximum Gasteiger partial charge on any atom is 0.258 e. The van der Waals surface area contributed by atoms with Crippen LogP contribution in [0.1, 0.15) is 16.8 Å². The minimum atomic E-state index is -0.242. The normalized spacial score (nSPS) is 13.8.